The lowest BCUT2D eigenvalue weighted by Gasteiger charge is -2.32. The molecule has 0 bridgehead atoms. The second-order valence-electron chi connectivity index (χ2n) is 6.73. The number of sulfonamides is 2. The Bertz CT molecular complexity index is 926. The van der Waals surface area contributed by atoms with Gasteiger partial charge in [0.2, 0.25) is 20.0 Å². The average molecular weight is 468 g/mol. The van der Waals surface area contributed by atoms with E-state index in [0.29, 0.717) is 6.42 Å². The molecule has 1 N–H and O–H groups in total. The summed E-state index contributed by atoms with van der Waals surface area (Å²) >= 11 is 0. The van der Waals surface area contributed by atoms with Crippen LogP contribution in [0.4, 0.5) is 26.3 Å². The molecular formula is C15H18F6N2O4S2. The lowest BCUT2D eigenvalue weighted by Crippen LogP contribution is -2.43. The number of nitrogens with zero attached hydrogens (tertiary/aromatic N) is 1. The smallest absolute Gasteiger partial charge is 0.215 e. The fourth-order valence-electron chi connectivity index (χ4n) is 2.91. The lowest BCUT2D eigenvalue weighted by molar-refractivity contribution is -0.143. The highest BCUT2D eigenvalue weighted by atomic mass is 32.2. The Kier molecular flexibility index (Phi) is 6.62. The number of rotatable bonds is 5. The Labute approximate surface area is 164 Å². The molecule has 0 aromatic heterocycles. The van der Waals surface area contributed by atoms with Crippen molar-refractivity contribution in [3.05, 3.63) is 29.3 Å². The summed E-state index contributed by atoms with van der Waals surface area (Å²) in [6.45, 7) is -0.432. The van der Waals surface area contributed by atoms with E-state index in [1.54, 1.807) is 0 Å². The van der Waals surface area contributed by atoms with E-state index in [1.165, 1.54) is 0 Å². The largest absolute Gasteiger partial charge is 0.416 e. The van der Waals surface area contributed by atoms with Gasteiger partial charge in [0, 0.05) is 19.6 Å². The predicted octanol–water partition coefficient (Wildman–Crippen LogP) is 2.67. The van der Waals surface area contributed by atoms with Gasteiger partial charge in [-0.15, -0.1) is 0 Å². The maximum Gasteiger partial charge on any atom is 0.416 e. The molecule has 1 heterocycles. The molecule has 166 valence electrons. The monoisotopic (exact) mass is 468 g/mol. The molecule has 1 saturated heterocycles. The highest BCUT2D eigenvalue weighted by molar-refractivity contribution is 7.89. The van der Waals surface area contributed by atoms with Gasteiger partial charge in [-0.1, -0.05) is 0 Å². The molecule has 0 aliphatic carbocycles. The van der Waals surface area contributed by atoms with E-state index < -0.39 is 54.3 Å². The molecule has 0 radical (unpaired) electrons. The normalized spacial score (nSPS) is 20.0. The molecule has 0 spiro atoms. The fourth-order valence-corrected chi connectivity index (χ4v) is 5.07. The van der Waals surface area contributed by atoms with Gasteiger partial charge in [-0.05, 0) is 37.0 Å². The Morgan fingerprint density at radius 3 is 1.97 bits per heavy atom. The number of nitrogens with one attached hydrogen (secondary N) is 1. The molecule has 0 saturated carbocycles. The molecule has 1 aromatic carbocycles. The first kappa shape index (κ1) is 23.9. The summed E-state index contributed by atoms with van der Waals surface area (Å²) < 4.78 is 129. The van der Waals surface area contributed by atoms with Gasteiger partial charge in [-0.25, -0.2) is 21.6 Å². The molecule has 1 fully saturated rings. The van der Waals surface area contributed by atoms with Gasteiger partial charge in [0.1, 0.15) is 0 Å². The molecule has 1 aliphatic heterocycles. The zero-order chi connectivity index (χ0) is 22.3. The summed E-state index contributed by atoms with van der Waals surface area (Å²) in [7, 11) is -8.20. The Balaban J connectivity index is 2.39. The van der Waals surface area contributed by atoms with E-state index in [1.807, 2.05) is 0 Å². The Morgan fingerprint density at radius 2 is 1.52 bits per heavy atom. The molecule has 1 aliphatic rings. The van der Waals surface area contributed by atoms with Gasteiger partial charge in [-0.3, -0.25) is 0 Å². The van der Waals surface area contributed by atoms with Crippen molar-refractivity contribution in [1.82, 2.24) is 9.03 Å². The first-order valence-electron chi connectivity index (χ1n) is 8.24. The number of hydrogen-bond acceptors (Lipinski definition) is 4. The minimum absolute atomic E-state index is 0.0960. The summed E-state index contributed by atoms with van der Waals surface area (Å²) in [5, 5.41) is 0. The van der Waals surface area contributed by atoms with Crippen molar-refractivity contribution >= 4 is 20.0 Å². The standard InChI is InChI=1S/C15H18F6N2O4S2/c1-28(24,25)22-8-10-3-2-4-23(9-10)29(26,27)13-6-11(14(16,17)18)5-12(7-13)15(19,20)21/h5-7,10,22H,2-4,8-9H2,1H3/t10-/m0/s1. The van der Waals surface area contributed by atoms with E-state index in [4.69, 9.17) is 0 Å². The number of hydrogen-bond donors (Lipinski definition) is 1. The SMILES string of the molecule is CS(=O)(=O)NC[C@@H]1CCCN(S(=O)(=O)c2cc(C(F)(F)F)cc(C(F)(F)F)c2)C1. The lowest BCUT2D eigenvalue weighted by atomic mass is 10.0. The molecule has 29 heavy (non-hydrogen) atoms. The molecule has 0 amide bonds. The van der Waals surface area contributed by atoms with Crippen molar-refractivity contribution < 1.29 is 43.2 Å². The van der Waals surface area contributed by atoms with E-state index in [2.05, 4.69) is 4.72 Å². The van der Waals surface area contributed by atoms with Crippen LogP contribution in [0, 0.1) is 5.92 Å². The molecular weight excluding hydrogens is 450 g/mol. The third-order valence-corrected chi connectivity index (χ3v) is 6.85. The van der Waals surface area contributed by atoms with Gasteiger partial charge < -0.3 is 0 Å². The number of halogens is 6. The second kappa shape index (κ2) is 8.04. The van der Waals surface area contributed by atoms with Crippen molar-refractivity contribution in [1.29, 1.82) is 0 Å². The summed E-state index contributed by atoms with van der Waals surface area (Å²) in [6, 6.07) is 0.194. The zero-order valence-electron chi connectivity index (χ0n) is 15.0. The third kappa shape index (κ3) is 6.30. The van der Waals surface area contributed by atoms with Crippen LogP contribution in [0.2, 0.25) is 0 Å². The highest BCUT2D eigenvalue weighted by Gasteiger charge is 2.39. The van der Waals surface area contributed by atoms with Crippen LogP contribution < -0.4 is 4.72 Å². The molecule has 0 unspecified atom stereocenters. The number of piperidine rings is 1. The van der Waals surface area contributed by atoms with Crippen LogP contribution in [-0.4, -0.2) is 47.0 Å². The zero-order valence-corrected chi connectivity index (χ0v) is 16.6. The first-order valence-corrected chi connectivity index (χ1v) is 11.6. The van der Waals surface area contributed by atoms with Crippen LogP contribution in [0.3, 0.4) is 0 Å². The highest BCUT2D eigenvalue weighted by Crippen LogP contribution is 2.38. The van der Waals surface area contributed by atoms with Gasteiger partial charge in [-0.2, -0.15) is 30.6 Å². The average Bonchev–Trinajstić information content (AvgIpc) is 2.57. The quantitative estimate of drug-likeness (QED) is 0.674. The van der Waals surface area contributed by atoms with Gasteiger partial charge in [0.05, 0.1) is 22.3 Å². The van der Waals surface area contributed by atoms with Gasteiger partial charge in [0.15, 0.2) is 0 Å². The molecule has 1 atom stereocenters. The van der Waals surface area contributed by atoms with Crippen LogP contribution in [0.25, 0.3) is 0 Å². The van der Waals surface area contributed by atoms with Crippen molar-refractivity contribution in [2.24, 2.45) is 5.92 Å². The van der Waals surface area contributed by atoms with Crippen LogP contribution in [-0.2, 0) is 32.4 Å². The first-order chi connectivity index (χ1) is 13.0. The summed E-state index contributed by atoms with van der Waals surface area (Å²) in [4.78, 5) is -1.11. The van der Waals surface area contributed by atoms with Gasteiger partial charge >= 0.3 is 12.4 Å². The maximum absolute atomic E-state index is 13.0. The summed E-state index contributed by atoms with van der Waals surface area (Å²) in [6.07, 6.45) is -8.71. The Morgan fingerprint density at radius 1 is 1.00 bits per heavy atom. The minimum atomic E-state index is -5.17. The van der Waals surface area contributed by atoms with Crippen molar-refractivity contribution in [3.63, 3.8) is 0 Å². The van der Waals surface area contributed by atoms with E-state index in [-0.39, 0.29) is 44.3 Å². The van der Waals surface area contributed by atoms with Gasteiger partial charge in [0.25, 0.3) is 0 Å². The van der Waals surface area contributed by atoms with E-state index in [0.717, 1.165) is 10.6 Å². The van der Waals surface area contributed by atoms with E-state index in [9.17, 15) is 43.2 Å². The minimum Gasteiger partial charge on any atom is -0.215 e. The topological polar surface area (TPSA) is 83.6 Å². The van der Waals surface area contributed by atoms with E-state index >= 15 is 0 Å². The van der Waals surface area contributed by atoms with Crippen LogP contribution in [0.1, 0.15) is 24.0 Å². The second-order valence-corrected chi connectivity index (χ2v) is 10.5. The fraction of sp³-hybridized carbons (Fsp3) is 0.600. The van der Waals surface area contributed by atoms with Crippen molar-refractivity contribution in [2.45, 2.75) is 30.1 Å². The van der Waals surface area contributed by atoms with Crippen LogP contribution in [0.5, 0.6) is 0 Å². The molecule has 1 aromatic rings. The number of alkyl halides is 6. The molecule has 14 heteroatoms. The van der Waals surface area contributed by atoms with Crippen LogP contribution in [0.15, 0.2) is 23.1 Å². The maximum atomic E-state index is 13.0. The third-order valence-electron chi connectivity index (χ3n) is 4.31. The summed E-state index contributed by atoms with van der Waals surface area (Å²) in [5.41, 5.74) is -3.45. The predicted molar refractivity (Wildman–Crippen MR) is 90.8 cm³/mol. The Hall–Kier alpha value is -1.38. The molecule has 2 rings (SSSR count). The van der Waals surface area contributed by atoms with Crippen molar-refractivity contribution in [2.75, 3.05) is 25.9 Å². The number of benzene rings is 1. The summed E-state index contributed by atoms with van der Waals surface area (Å²) in [5.74, 6) is -0.471. The van der Waals surface area contributed by atoms with Crippen LogP contribution >= 0.6 is 0 Å². The van der Waals surface area contributed by atoms with Crippen molar-refractivity contribution in [3.8, 4) is 0 Å². The molecule has 6 nitrogen and oxygen atoms in total.